The van der Waals surface area contributed by atoms with E-state index in [1.165, 1.54) is 12.1 Å². The van der Waals surface area contributed by atoms with E-state index in [1.807, 2.05) is 65.7 Å². The summed E-state index contributed by atoms with van der Waals surface area (Å²) in [5, 5.41) is 7.31. The summed E-state index contributed by atoms with van der Waals surface area (Å²) in [4.78, 5) is 23.0. The minimum absolute atomic E-state index is 0. The smallest absolute Gasteiger partial charge is 0.668 e. The summed E-state index contributed by atoms with van der Waals surface area (Å²) >= 11 is 0. The first-order chi connectivity index (χ1) is 18.6. The van der Waals surface area contributed by atoms with E-state index in [2.05, 4.69) is 17.4 Å². The number of nitrogens with zero attached hydrogens (tertiary/aromatic N) is 2. The molecule has 3 N–H and O–H groups in total. The maximum atomic E-state index is 12.5. The molecule has 0 unspecified atom stereocenters. The molecule has 0 aliphatic heterocycles. The van der Waals surface area contributed by atoms with Crippen LogP contribution in [0, 0.1) is 13.8 Å². The maximum Gasteiger partial charge on any atom is 1.00 e. The van der Waals surface area contributed by atoms with Gasteiger partial charge < -0.3 is 15.8 Å². The van der Waals surface area contributed by atoms with E-state index in [-0.39, 0.29) is 47.4 Å². The Balaban J connectivity index is 0.00000441. The number of sulfonamides is 1. The van der Waals surface area contributed by atoms with Crippen molar-refractivity contribution in [3.05, 3.63) is 107 Å². The fraction of sp³-hybridized carbons (Fsp3) is 0.207. The predicted octanol–water partition coefficient (Wildman–Crippen LogP) is 1.90. The van der Waals surface area contributed by atoms with Crippen molar-refractivity contribution in [2.24, 2.45) is 0 Å². The van der Waals surface area contributed by atoms with Crippen molar-refractivity contribution in [1.82, 2.24) is 19.8 Å². The summed E-state index contributed by atoms with van der Waals surface area (Å²) < 4.78 is 28.9. The van der Waals surface area contributed by atoms with Crippen molar-refractivity contribution in [2.75, 3.05) is 6.54 Å². The number of hydrogen-bond acceptors (Lipinski definition) is 5. The molecule has 0 saturated heterocycles. The molecule has 1 heterocycles. The van der Waals surface area contributed by atoms with Crippen molar-refractivity contribution >= 4 is 22.0 Å². The quantitative estimate of drug-likeness (QED) is 0.283. The molecule has 11 heteroatoms. The fourth-order valence-corrected chi connectivity index (χ4v) is 5.28. The van der Waals surface area contributed by atoms with Gasteiger partial charge >= 0.3 is 35.6 Å². The summed E-state index contributed by atoms with van der Waals surface area (Å²) in [6, 6.07) is 23.1. The predicted molar refractivity (Wildman–Crippen MR) is 150 cm³/mol. The van der Waals surface area contributed by atoms with Crippen LogP contribution >= 0.6 is 0 Å². The summed E-state index contributed by atoms with van der Waals surface area (Å²) in [5.41, 5.74) is 13.8. The van der Waals surface area contributed by atoms with Crippen molar-refractivity contribution < 1.29 is 47.6 Å². The number of carbonyl (C=O) groups is 2. The van der Waals surface area contributed by atoms with Gasteiger partial charge in [-0.2, -0.15) is 5.10 Å². The molecule has 0 aliphatic carbocycles. The van der Waals surface area contributed by atoms with Crippen LogP contribution in [-0.4, -0.2) is 36.7 Å². The topological polar surface area (TPSA) is 134 Å². The van der Waals surface area contributed by atoms with Crippen molar-refractivity contribution in [3.63, 3.8) is 0 Å². The number of aromatic nitrogens is 2. The molecule has 4 aromatic rings. The Morgan fingerprint density at radius 3 is 2.10 bits per heavy atom. The molecule has 0 radical (unpaired) electrons. The second-order valence-corrected chi connectivity index (χ2v) is 10.9. The molecule has 4 rings (SSSR count). The largest absolute Gasteiger partial charge is 1.00 e. The number of aryl methyl sites for hydroxylation is 2. The Kier molecular flexibility index (Phi) is 10.7. The van der Waals surface area contributed by atoms with Gasteiger partial charge in [-0.1, -0.05) is 54.6 Å². The van der Waals surface area contributed by atoms with Gasteiger partial charge in [-0.15, -0.1) is 0 Å². The van der Waals surface area contributed by atoms with Crippen LogP contribution in [0.5, 0.6) is 0 Å². The molecule has 0 aliphatic rings. The first-order valence-electron chi connectivity index (χ1n) is 12.5. The van der Waals surface area contributed by atoms with Crippen LogP contribution in [0.1, 0.15) is 28.9 Å². The normalized spacial score (nSPS) is 10.9. The van der Waals surface area contributed by atoms with Gasteiger partial charge in [0.2, 0.25) is 0 Å². The first-order valence-corrected chi connectivity index (χ1v) is 14.0. The van der Waals surface area contributed by atoms with Crippen LogP contribution in [-0.2, 0) is 27.7 Å². The zero-order valence-corrected chi connectivity index (χ0v) is 25.6. The van der Waals surface area contributed by atoms with Gasteiger partial charge in [0.15, 0.2) is 0 Å². The van der Waals surface area contributed by atoms with Gasteiger partial charge in [0.05, 0.1) is 16.3 Å². The Morgan fingerprint density at radius 1 is 0.875 bits per heavy atom. The Labute approximate surface area is 256 Å². The van der Waals surface area contributed by atoms with Crippen LogP contribution in [0.15, 0.2) is 83.8 Å². The van der Waals surface area contributed by atoms with Crippen LogP contribution in [0.4, 0.5) is 4.79 Å². The molecule has 0 saturated carbocycles. The number of urea groups is 1. The van der Waals surface area contributed by atoms with Crippen LogP contribution < -0.4 is 39.6 Å². The molecule has 0 bridgehead atoms. The SMILES string of the molecule is Cc1nn(-c2ccc(CCNC(=O)NS(=O)(=O)c3ccc(CCC([NH-])=O)cc3)cc2)c(C)c1-c1ccccc1.[Na+]. The minimum atomic E-state index is -4.04. The standard InChI is InChI=1S/C29H31N5O4S.Na/c1-20-28(24-6-4-3-5-7-24)21(2)34(32-20)25-13-8-23(9-14-25)18-19-31-29(36)33-39(37,38)26-15-10-22(11-16-26)12-17-27(30)35;/h3-11,13-16H,12,17-19H2,1-2H3,(H4,30,31,33,35,36);/q;+1/p-1. The zero-order chi connectivity index (χ0) is 28.0. The van der Waals surface area contributed by atoms with Gasteiger partial charge in [0, 0.05) is 23.7 Å². The van der Waals surface area contributed by atoms with E-state index < -0.39 is 22.0 Å². The molecule has 3 aromatic carbocycles. The van der Waals surface area contributed by atoms with Crippen molar-refractivity contribution in [3.8, 4) is 16.8 Å². The molecule has 0 atom stereocenters. The van der Waals surface area contributed by atoms with Crippen molar-refractivity contribution in [1.29, 1.82) is 0 Å². The van der Waals surface area contributed by atoms with Crippen LogP contribution in [0.2, 0.25) is 0 Å². The number of carbonyl (C=O) groups excluding carboxylic acids is 2. The Bertz CT molecular complexity index is 1570. The Morgan fingerprint density at radius 2 is 1.48 bits per heavy atom. The minimum Gasteiger partial charge on any atom is -0.668 e. The summed E-state index contributed by atoms with van der Waals surface area (Å²) in [5.74, 6) is -0.679. The Hall–Kier alpha value is -3.44. The van der Waals surface area contributed by atoms with Gasteiger partial charge in [0.25, 0.3) is 10.0 Å². The number of benzene rings is 3. The summed E-state index contributed by atoms with van der Waals surface area (Å²) in [7, 11) is -4.04. The number of rotatable bonds is 10. The molecular formula is C29H30N5NaO4S. The van der Waals surface area contributed by atoms with Crippen LogP contribution in [0.25, 0.3) is 22.5 Å². The molecule has 202 valence electrons. The number of nitrogens with one attached hydrogen (secondary N) is 3. The van der Waals surface area contributed by atoms with Gasteiger partial charge in [-0.3, -0.25) is 0 Å². The first kappa shape index (κ1) is 31.1. The number of amides is 3. The average molecular weight is 568 g/mol. The van der Waals surface area contributed by atoms with Gasteiger partial charge in [-0.25, -0.2) is 22.6 Å². The van der Waals surface area contributed by atoms with E-state index in [0.717, 1.165) is 39.3 Å². The second kappa shape index (κ2) is 13.8. The van der Waals surface area contributed by atoms with E-state index in [0.29, 0.717) is 12.8 Å². The van der Waals surface area contributed by atoms with E-state index >= 15 is 0 Å². The van der Waals surface area contributed by atoms with Gasteiger partial charge in [0.1, 0.15) is 0 Å². The third-order valence-electron chi connectivity index (χ3n) is 6.34. The molecule has 40 heavy (non-hydrogen) atoms. The monoisotopic (exact) mass is 567 g/mol. The zero-order valence-electron chi connectivity index (χ0n) is 22.8. The van der Waals surface area contributed by atoms with Crippen molar-refractivity contribution in [2.45, 2.75) is 38.0 Å². The summed E-state index contributed by atoms with van der Waals surface area (Å²) in [6.45, 7) is 4.29. The van der Waals surface area contributed by atoms with E-state index in [4.69, 9.17) is 10.8 Å². The number of hydrogen-bond donors (Lipinski definition) is 2. The van der Waals surface area contributed by atoms with Gasteiger partial charge in [-0.05, 0) is 74.1 Å². The summed E-state index contributed by atoms with van der Waals surface area (Å²) in [6.07, 6.45) is 0.935. The third-order valence-corrected chi connectivity index (χ3v) is 7.68. The molecular weight excluding hydrogens is 537 g/mol. The fourth-order valence-electron chi connectivity index (χ4n) is 4.35. The maximum absolute atomic E-state index is 12.5. The molecule has 0 fully saturated rings. The molecule has 9 nitrogen and oxygen atoms in total. The third kappa shape index (κ3) is 7.82. The molecule has 0 spiro atoms. The van der Waals surface area contributed by atoms with E-state index in [1.54, 1.807) is 12.1 Å². The van der Waals surface area contributed by atoms with Crippen LogP contribution in [0.3, 0.4) is 0 Å². The average Bonchev–Trinajstić information content (AvgIpc) is 3.21. The second-order valence-electron chi connectivity index (χ2n) is 9.17. The van der Waals surface area contributed by atoms with E-state index in [9.17, 15) is 18.0 Å². The molecule has 3 amide bonds. The molecule has 1 aromatic heterocycles.